The highest BCUT2D eigenvalue weighted by atomic mass is 19.4. The van der Waals surface area contributed by atoms with E-state index in [1.54, 1.807) is 23.1 Å². The van der Waals surface area contributed by atoms with Gasteiger partial charge in [0.2, 0.25) is 5.91 Å². The fraction of sp³-hybridized carbons (Fsp3) is 0.276. The lowest BCUT2D eigenvalue weighted by molar-refractivity contribution is -0.137. The third-order valence-electron chi connectivity index (χ3n) is 5.83. The Morgan fingerprint density at radius 3 is 2.26 bits per heavy atom. The van der Waals surface area contributed by atoms with E-state index in [9.17, 15) is 18.0 Å². The largest absolute Gasteiger partial charge is 0.416 e. The number of alkyl halides is 3. The molecule has 0 saturated carbocycles. The molecule has 0 saturated heterocycles. The smallest absolute Gasteiger partial charge is 0.338 e. The van der Waals surface area contributed by atoms with E-state index in [0.29, 0.717) is 18.7 Å². The Balaban J connectivity index is 1.69. The van der Waals surface area contributed by atoms with Crippen LogP contribution in [0.15, 0.2) is 91.0 Å². The Kier molecular flexibility index (Phi) is 9.67. The molecule has 0 spiro atoms. The van der Waals surface area contributed by atoms with Gasteiger partial charge >= 0.3 is 6.18 Å². The van der Waals surface area contributed by atoms with Crippen molar-refractivity contribution in [3.8, 4) is 0 Å². The Labute approximate surface area is 205 Å². The number of carbonyl (C=O) groups excluding carboxylic acids is 1. The van der Waals surface area contributed by atoms with E-state index in [1.165, 1.54) is 17.7 Å². The van der Waals surface area contributed by atoms with Crippen molar-refractivity contribution in [1.82, 2.24) is 10.2 Å². The number of carbonyl (C=O) groups is 1. The average Bonchev–Trinajstić information content (AvgIpc) is 2.87. The highest BCUT2D eigenvalue weighted by Gasteiger charge is 2.30. The molecule has 0 heterocycles. The van der Waals surface area contributed by atoms with Crippen LogP contribution in [0, 0.1) is 0 Å². The van der Waals surface area contributed by atoms with E-state index in [4.69, 9.17) is 0 Å². The van der Waals surface area contributed by atoms with Crippen LogP contribution < -0.4 is 5.32 Å². The summed E-state index contributed by atoms with van der Waals surface area (Å²) in [6.45, 7) is 3.20. The number of hydrogen-bond donors (Lipinski definition) is 1. The first-order valence-electron chi connectivity index (χ1n) is 11.8. The molecule has 184 valence electrons. The van der Waals surface area contributed by atoms with E-state index >= 15 is 0 Å². The molecule has 1 amide bonds. The standard InChI is InChI=1S/C29H31F3N2O/c1-2-34(28(35)19-17-24-12-7-4-8-13-24)22-27(18-16-23-10-5-3-6-11-23)33-21-25-14-9-15-26(20-25)29(30,31)32/h3-15,17,19-20,27,33H,2,16,18,21-22H2,1H3/b19-17+/t27-/m0/s1. The number of rotatable bonds is 11. The van der Waals surface area contributed by atoms with Gasteiger partial charge in [0.25, 0.3) is 0 Å². The molecular weight excluding hydrogens is 449 g/mol. The molecule has 0 aromatic heterocycles. The van der Waals surface area contributed by atoms with Crippen LogP contribution in [0.25, 0.3) is 6.08 Å². The monoisotopic (exact) mass is 480 g/mol. The van der Waals surface area contributed by atoms with Gasteiger partial charge in [-0.2, -0.15) is 13.2 Å². The molecule has 0 fully saturated rings. The number of nitrogens with one attached hydrogen (secondary N) is 1. The topological polar surface area (TPSA) is 32.3 Å². The Bertz CT molecular complexity index is 1080. The molecule has 3 rings (SSSR count). The summed E-state index contributed by atoms with van der Waals surface area (Å²) < 4.78 is 39.3. The van der Waals surface area contributed by atoms with E-state index in [0.717, 1.165) is 24.5 Å². The SMILES string of the molecule is CCN(C[C@H](CCc1ccccc1)NCc1cccc(C(F)(F)F)c1)C(=O)/C=C/c1ccccc1. The fourth-order valence-corrected chi connectivity index (χ4v) is 3.84. The first-order valence-corrected chi connectivity index (χ1v) is 11.8. The summed E-state index contributed by atoms with van der Waals surface area (Å²) in [5.41, 5.74) is 2.02. The van der Waals surface area contributed by atoms with Gasteiger partial charge in [-0.1, -0.05) is 78.9 Å². The fourth-order valence-electron chi connectivity index (χ4n) is 3.84. The van der Waals surface area contributed by atoms with Crippen LogP contribution in [-0.2, 0) is 23.9 Å². The van der Waals surface area contributed by atoms with Crippen molar-refractivity contribution < 1.29 is 18.0 Å². The molecule has 6 heteroatoms. The Morgan fingerprint density at radius 1 is 0.943 bits per heavy atom. The lowest BCUT2D eigenvalue weighted by atomic mass is 10.0. The summed E-state index contributed by atoms with van der Waals surface area (Å²) >= 11 is 0. The molecule has 0 aliphatic rings. The van der Waals surface area contributed by atoms with Crippen molar-refractivity contribution in [3.05, 3.63) is 113 Å². The third kappa shape index (κ3) is 8.72. The lowest BCUT2D eigenvalue weighted by Crippen LogP contribution is -2.43. The van der Waals surface area contributed by atoms with Crippen molar-refractivity contribution >= 4 is 12.0 Å². The van der Waals surface area contributed by atoms with Gasteiger partial charge in [-0.15, -0.1) is 0 Å². The maximum absolute atomic E-state index is 13.1. The van der Waals surface area contributed by atoms with E-state index in [-0.39, 0.29) is 18.5 Å². The summed E-state index contributed by atoms with van der Waals surface area (Å²) in [5.74, 6) is -0.0954. The first-order chi connectivity index (χ1) is 16.8. The molecule has 0 unspecified atom stereocenters. The van der Waals surface area contributed by atoms with Crippen LogP contribution >= 0.6 is 0 Å². The maximum atomic E-state index is 13.1. The van der Waals surface area contributed by atoms with Crippen molar-refractivity contribution in [2.75, 3.05) is 13.1 Å². The number of likely N-dealkylation sites (N-methyl/N-ethyl adjacent to an activating group) is 1. The summed E-state index contributed by atoms with van der Waals surface area (Å²) in [6, 6.07) is 24.9. The maximum Gasteiger partial charge on any atom is 0.416 e. The van der Waals surface area contributed by atoms with Crippen LogP contribution in [0.3, 0.4) is 0 Å². The molecule has 35 heavy (non-hydrogen) atoms. The summed E-state index contributed by atoms with van der Waals surface area (Å²) in [5, 5.41) is 3.39. The molecule has 0 bridgehead atoms. The van der Waals surface area contributed by atoms with Gasteiger partial charge in [0.1, 0.15) is 0 Å². The second kappa shape index (κ2) is 12.9. The van der Waals surface area contributed by atoms with Crippen LogP contribution in [0.5, 0.6) is 0 Å². The van der Waals surface area contributed by atoms with Gasteiger partial charge in [0.05, 0.1) is 5.56 Å². The van der Waals surface area contributed by atoms with E-state index in [1.807, 2.05) is 55.5 Å². The minimum atomic E-state index is -4.38. The zero-order valence-electron chi connectivity index (χ0n) is 19.8. The minimum Gasteiger partial charge on any atom is -0.338 e. The molecule has 0 aliphatic carbocycles. The predicted molar refractivity (Wildman–Crippen MR) is 135 cm³/mol. The predicted octanol–water partition coefficient (Wildman–Crippen LogP) is 6.36. The second-order valence-electron chi connectivity index (χ2n) is 8.42. The number of benzene rings is 3. The number of amides is 1. The zero-order valence-corrected chi connectivity index (χ0v) is 19.8. The van der Waals surface area contributed by atoms with Gasteiger partial charge in [-0.3, -0.25) is 4.79 Å². The summed E-state index contributed by atoms with van der Waals surface area (Å²) in [4.78, 5) is 14.6. The summed E-state index contributed by atoms with van der Waals surface area (Å²) in [7, 11) is 0. The molecule has 3 aromatic rings. The first kappa shape index (κ1) is 26.2. The molecule has 0 aliphatic heterocycles. The molecular formula is C29H31F3N2O. The van der Waals surface area contributed by atoms with Gasteiger partial charge in [0, 0.05) is 31.8 Å². The zero-order chi connectivity index (χ0) is 25.1. The quantitative estimate of drug-likeness (QED) is 0.324. The van der Waals surface area contributed by atoms with Crippen molar-refractivity contribution in [1.29, 1.82) is 0 Å². The van der Waals surface area contributed by atoms with Crippen molar-refractivity contribution in [2.24, 2.45) is 0 Å². The van der Waals surface area contributed by atoms with Gasteiger partial charge < -0.3 is 10.2 Å². The Hall–Kier alpha value is -3.38. The average molecular weight is 481 g/mol. The van der Waals surface area contributed by atoms with Crippen LogP contribution in [0.1, 0.15) is 35.6 Å². The Morgan fingerprint density at radius 2 is 1.60 bits per heavy atom. The number of nitrogens with zero attached hydrogens (tertiary/aromatic N) is 1. The number of hydrogen-bond acceptors (Lipinski definition) is 2. The number of halogens is 3. The van der Waals surface area contributed by atoms with E-state index < -0.39 is 11.7 Å². The number of aryl methyl sites for hydroxylation is 1. The highest BCUT2D eigenvalue weighted by Crippen LogP contribution is 2.29. The van der Waals surface area contributed by atoms with E-state index in [2.05, 4.69) is 17.4 Å². The normalized spacial score (nSPS) is 12.6. The highest BCUT2D eigenvalue weighted by molar-refractivity contribution is 5.91. The van der Waals surface area contributed by atoms with Gasteiger partial charge in [-0.05, 0) is 48.6 Å². The van der Waals surface area contributed by atoms with Gasteiger partial charge in [-0.25, -0.2) is 0 Å². The third-order valence-corrected chi connectivity index (χ3v) is 5.83. The van der Waals surface area contributed by atoms with Crippen molar-refractivity contribution in [2.45, 2.75) is 38.5 Å². The molecule has 1 atom stereocenters. The van der Waals surface area contributed by atoms with Crippen molar-refractivity contribution in [3.63, 3.8) is 0 Å². The molecule has 0 radical (unpaired) electrons. The van der Waals surface area contributed by atoms with Crippen LogP contribution in [0.4, 0.5) is 13.2 Å². The molecule has 3 aromatic carbocycles. The second-order valence-corrected chi connectivity index (χ2v) is 8.42. The molecule has 1 N–H and O–H groups in total. The summed E-state index contributed by atoms with van der Waals surface area (Å²) in [6.07, 6.45) is 0.529. The van der Waals surface area contributed by atoms with Crippen LogP contribution in [0.2, 0.25) is 0 Å². The van der Waals surface area contributed by atoms with Gasteiger partial charge in [0.15, 0.2) is 0 Å². The minimum absolute atomic E-state index is 0.0845. The molecule has 3 nitrogen and oxygen atoms in total. The van der Waals surface area contributed by atoms with Crippen LogP contribution in [-0.4, -0.2) is 29.9 Å². The lowest BCUT2D eigenvalue weighted by Gasteiger charge is -2.27.